The van der Waals surface area contributed by atoms with Gasteiger partial charge in [0.15, 0.2) is 0 Å². The van der Waals surface area contributed by atoms with Gasteiger partial charge in [0, 0.05) is 5.69 Å². The smallest absolute Gasteiger partial charge is 0.320 e. The van der Waals surface area contributed by atoms with Crippen molar-refractivity contribution in [2.24, 2.45) is 5.92 Å². The number of carbonyl (C=O) groups excluding carboxylic acids is 2. The van der Waals surface area contributed by atoms with Crippen LogP contribution in [-0.4, -0.2) is 50.1 Å². The number of imide groups is 1. The van der Waals surface area contributed by atoms with Crippen molar-refractivity contribution in [2.75, 3.05) is 38.5 Å². The average Bonchev–Trinajstić information content (AvgIpc) is 2.56. The van der Waals surface area contributed by atoms with Crippen molar-refractivity contribution in [2.45, 2.75) is 33.1 Å². The first kappa shape index (κ1) is 22.4. The number of amides is 3. The summed E-state index contributed by atoms with van der Waals surface area (Å²) in [7, 11) is 1.97. The van der Waals surface area contributed by atoms with Crippen LogP contribution in [0.2, 0.25) is 0 Å². The van der Waals surface area contributed by atoms with E-state index in [1.807, 2.05) is 39.1 Å². The first-order valence-electron chi connectivity index (χ1n) is 9.03. The SMILES string of the molecule is CNCCC1CCN(CC(=O)NC(=O)Nc2ccc(C)cc2C)CC1.Cl. The van der Waals surface area contributed by atoms with Gasteiger partial charge in [-0.05, 0) is 77.3 Å². The minimum absolute atomic E-state index is 0. The fourth-order valence-corrected chi connectivity index (χ4v) is 3.26. The number of anilines is 1. The lowest BCUT2D eigenvalue weighted by molar-refractivity contribution is -0.121. The predicted molar refractivity (Wildman–Crippen MR) is 108 cm³/mol. The Labute approximate surface area is 162 Å². The van der Waals surface area contributed by atoms with Gasteiger partial charge in [0.2, 0.25) is 5.91 Å². The summed E-state index contributed by atoms with van der Waals surface area (Å²) in [5.41, 5.74) is 2.84. The highest BCUT2D eigenvalue weighted by Crippen LogP contribution is 2.19. The number of rotatable bonds is 6. The summed E-state index contributed by atoms with van der Waals surface area (Å²) >= 11 is 0. The van der Waals surface area contributed by atoms with Crippen molar-refractivity contribution in [1.29, 1.82) is 0 Å². The van der Waals surface area contributed by atoms with E-state index in [-0.39, 0.29) is 24.9 Å². The molecule has 0 aromatic heterocycles. The Morgan fingerprint density at radius 1 is 1.19 bits per heavy atom. The maximum Gasteiger partial charge on any atom is 0.325 e. The Hall–Kier alpha value is -1.63. The van der Waals surface area contributed by atoms with Crippen LogP contribution in [0.15, 0.2) is 18.2 Å². The largest absolute Gasteiger partial charge is 0.325 e. The van der Waals surface area contributed by atoms with Gasteiger partial charge in [-0.2, -0.15) is 0 Å². The lowest BCUT2D eigenvalue weighted by Crippen LogP contribution is -2.44. The molecule has 26 heavy (non-hydrogen) atoms. The van der Waals surface area contributed by atoms with Gasteiger partial charge in [0.05, 0.1) is 6.54 Å². The number of carbonyl (C=O) groups is 2. The van der Waals surface area contributed by atoms with Crippen molar-refractivity contribution in [3.63, 3.8) is 0 Å². The number of hydrogen-bond donors (Lipinski definition) is 3. The van der Waals surface area contributed by atoms with Crippen LogP contribution in [0.3, 0.4) is 0 Å². The fraction of sp³-hybridized carbons (Fsp3) is 0.579. The van der Waals surface area contributed by atoms with Gasteiger partial charge in [0.1, 0.15) is 0 Å². The van der Waals surface area contributed by atoms with Crippen LogP contribution in [-0.2, 0) is 4.79 Å². The molecule has 1 fully saturated rings. The Morgan fingerprint density at radius 2 is 1.88 bits per heavy atom. The zero-order valence-electron chi connectivity index (χ0n) is 15.9. The molecule has 1 saturated heterocycles. The molecule has 0 spiro atoms. The number of hydrogen-bond acceptors (Lipinski definition) is 4. The number of nitrogens with one attached hydrogen (secondary N) is 3. The van der Waals surface area contributed by atoms with Crippen molar-refractivity contribution < 1.29 is 9.59 Å². The van der Waals surface area contributed by atoms with E-state index in [0.29, 0.717) is 0 Å². The summed E-state index contributed by atoms with van der Waals surface area (Å²) < 4.78 is 0. The molecule has 7 heteroatoms. The van der Waals surface area contributed by atoms with E-state index < -0.39 is 6.03 Å². The highest BCUT2D eigenvalue weighted by atomic mass is 35.5. The number of likely N-dealkylation sites (tertiary alicyclic amines) is 1. The lowest BCUT2D eigenvalue weighted by Gasteiger charge is -2.31. The van der Waals surface area contributed by atoms with E-state index in [4.69, 9.17) is 0 Å². The second-order valence-electron chi connectivity index (χ2n) is 6.93. The zero-order valence-corrected chi connectivity index (χ0v) is 16.7. The van der Waals surface area contributed by atoms with E-state index in [2.05, 4.69) is 20.9 Å². The molecule has 1 heterocycles. The number of halogens is 1. The third-order valence-corrected chi connectivity index (χ3v) is 4.76. The van der Waals surface area contributed by atoms with Gasteiger partial charge in [-0.1, -0.05) is 17.7 Å². The maximum absolute atomic E-state index is 12.1. The Balaban J connectivity index is 0.00000338. The number of aryl methyl sites for hydroxylation is 2. The zero-order chi connectivity index (χ0) is 18.2. The number of nitrogens with zero attached hydrogens (tertiary/aromatic N) is 1. The summed E-state index contributed by atoms with van der Waals surface area (Å²) in [4.78, 5) is 26.2. The van der Waals surface area contributed by atoms with E-state index in [1.54, 1.807) is 0 Å². The Morgan fingerprint density at radius 3 is 2.50 bits per heavy atom. The van der Waals surface area contributed by atoms with E-state index in [9.17, 15) is 9.59 Å². The first-order valence-corrected chi connectivity index (χ1v) is 9.03. The third-order valence-electron chi connectivity index (χ3n) is 4.76. The molecule has 1 aliphatic heterocycles. The van der Waals surface area contributed by atoms with Crippen LogP contribution < -0.4 is 16.0 Å². The molecular weight excluding hydrogens is 352 g/mol. The summed E-state index contributed by atoms with van der Waals surface area (Å²) in [6, 6.07) is 5.31. The summed E-state index contributed by atoms with van der Waals surface area (Å²) in [6.45, 7) is 7.09. The molecule has 1 aromatic carbocycles. The average molecular weight is 383 g/mol. The predicted octanol–water partition coefficient (Wildman–Crippen LogP) is 2.69. The van der Waals surface area contributed by atoms with Gasteiger partial charge >= 0.3 is 6.03 Å². The highest BCUT2D eigenvalue weighted by Gasteiger charge is 2.21. The summed E-state index contributed by atoms with van der Waals surface area (Å²) in [6.07, 6.45) is 3.42. The first-order chi connectivity index (χ1) is 12.0. The monoisotopic (exact) mass is 382 g/mol. The molecule has 0 aliphatic carbocycles. The number of benzene rings is 1. The van der Waals surface area contributed by atoms with Crippen molar-refractivity contribution in [3.05, 3.63) is 29.3 Å². The number of urea groups is 1. The topological polar surface area (TPSA) is 73.5 Å². The van der Waals surface area contributed by atoms with Crippen molar-refractivity contribution in [1.82, 2.24) is 15.5 Å². The molecule has 1 aromatic rings. The van der Waals surface area contributed by atoms with E-state index >= 15 is 0 Å². The van der Waals surface area contributed by atoms with Gasteiger partial charge < -0.3 is 10.6 Å². The van der Waals surface area contributed by atoms with Gasteiger partial charge in [0.25, 0.3) is 0 Å². The highest BCUT2D eigenvalue weighted by molar-refractivity contribution is 6.02. The van der Waals surface area contributed by atoms with Crippen LogP contribution in [0.4, 0.5) is 10.5 Å². The Bertz CT molecular complexity index is 601. The van der Waals surface area contributed by atoms with Gasteiger partial charge in [-0.15, -0.1) is 12.4 Å². The minimum atomic E-state index is -0.471. The van der Waals surface area contributed by atoms with E-state index in [0.717, 1.165) is 55.2 Å². The molecule has 6 nitrogen and oxygen atoms in total. The molecule has 1 aliphatic rings. The second-order valence-corrected chi connectivity index (χ2v) is 6.93. The van der Waals surface area contributed by atoms with Gasteiger partial charge in [-0.25, -0.2) is 4.79 Å². The van der Waals surface area contributed by atoms with E-state index in [1.165, 1.54) is 6.42 Å². The Kier molecular flexibility index (Phi) is 9.62. The van der Waals surface area contributed by atoms with Crippen LogP contribution in [0.25, 0.3) is 0 Å². The van der Waals surface area contributed by atoms with Gasteiger partial charge in [-0.3, -0.25) is 15.0 Å². The quantitative estimate of drug-likeness (QED) is 0.707. The fourth-order valence-electron chi connectivity index (χ4n) is 3.26. The minimum Gasteiger partial charge on any atom is -0.320 e. The molecule has 0 unspecified atom stereocenters. The summed E-state index contributed by atoms with van der Waals surface area (Å²) in [5.74, 6) is 0.482. The van der Waals surface area contributed by atoms with Crippen LogP contribution in [0.5, 0.6) is 0 Å². The standard InChI is InChI=1S/C19H30N4O2.ClH/c1-14-4-5-17(15(2)12-14)21-19(25)22-18(24)13-23-10-7-16(8-11-23)6-9-20-3;/h4-5,12,16,20H,6-11,13H2,1-3H3,(H2,21,22,24,25);1H. The normalized spacial score (nSPS) is 15.2. The molecule has 0 atom stereocenters. The molecule has 3 N–H and O–H groups in total. The molecule has 0 radical (unpaired) electrons. The molecule has 0 bridgehead atoms. The maximum atomic E-state index is 12.1. The summed E-state index contributed by atoms with van der Waals surface area (Å²) in [5, 5.41) is 8.35. The van der Waals surface area contributed by atoms with Crippen molar-refractivity contribution >= 4 is 30.0 Å². The molecule has 2 rings (SSSR count). The molecule has 146 valence electrons. The van der Waals surface area contributed by atoms with Crippen molar-refractivity contribution in [3.8, 4) is 0 Å². The number of piperidine rings is 1. The van der Waals surface area contributed by atoms with Crippen LogP contribution in [0.1, 0.15) is 30.4 Å². The lowest BCUT2D eigenvalue weighted by atomic mass is 9.93. The third kappa shape index (κ3) is 7.32. The van der Waals surface area contributed by atoms with Crippen LogP contribution >= 0.6 is 12.4 Å². The molecule has 0 saturated carbocycles. The second kappa shape index (κ2) is 11.2. The molecular formula is C19H31ClN4O2. The molecule has 3 amide bonds. The van der Waals surface area contributed by atoms with Crippen LogP contribution in [0, 0.1) is 19.8 Å².